The summed E-state index contributed by atoms with van der Waals surface area (Å²) in [5.41, 5.74) is 3.63. The van der Waals surface area contributed by atoms with Crippen molar-refractivity contribution in [2.45, 2.75) is 19.4 Å². The van der Waals surface area contributed by atoms with Crippen LogP contribution in [-0.2, 0) is 4.79 Å². The first-order valence-corrected chi connectivity index (χ1v) is 9.13. The summed E-state index contributed by atoms with van der Waals surface area (Å²) < 4.78 is 0. The van der Waals surface area contributed by atoms with Gasteiger partial charge in [0, 0.05) is 11.4 Å². The monoisotopic (exact) mass is 355 g/mol. The number of benzene rings is 2. The molecule has 2 N–H and O–H groups in total. The average Bonchev–Trinajstić information content (AvgIpc) is 2.63. The first kappa shape index (κ1) is 17.7. The molecule has 0 aliphatic carbocycles. The molecule has 0 radical (unpaired) electrons. The Hall–Kier alpha value is -2.10. The molecule has 2 aromatic carbocycles. The molecule has 25 heavy (non-hydrogen) atoms. The van der Waals surface area contributed by atoms with Gasteiger partial charge in [-0.1, -0.05) is 60.1 Å². The van der Waals surface area contributed by atoms with Crippen molar-refractivity contribution in [2.75, 3.05) is 19.6 Å². The molecular formula is C21H24ClN2O+. The number of hydrogen-bond donors (Lipinski definition) is 2. The van der Waals surface area contributed by atoms with Crippen LogP contribution in [0.15, 0.2) is 60.7 Å². The van der Waals surface area contributed by atoms with Gasteiger partial charge in [0.25, 0.3) is 5.91 Å². The molecule has 0 fully saturated rings. The summed E-state index contributed by atoms with van der Waals surface area (Å²) in [4.78, 5) is 13.7. The molecule has 0 saturated heterocycles. The third-order valence-corrected chi connectivity index (χ3v) is 5.03. The van der Waals surface area contributed by atoms with Gasteiger partial charge in [-0.3, -0.25) is 4.79 Å². The minimum Gasteiger partial charge on any atom is -0.345 e. The average molecular weight is 356 g/mol. The van der Waals surface area contributed by atoms with E-state index in [0.29, 0.717) is 11.6 Å². The van der Waals surface area contributed by atoms with Crippen molar-refractivity contribution >= 4 is 23.1 Å². The van der Waals surface area contributed by atoms with E-state index in [9.17, 15) is 4.79 Å². The summed E-state index contributed by atoms with van der Waals surface area (Å²) in [6.07, 6.45) is 3.27. The lowest BCUT2D eigenvalue weighted by molar-refractivity contribution is -0.886. The van der Waals surface area contributed by atoms with Gasteiger partial charge in [0.15, 0.2) is 6.54 Å². The predicted molar refractivity (Wildman–Crippen MR) is 103 cm³/mol. The number of hydrogen-bond acceptors (Lipinski definition) is 1. The van der Waals surface area contributed by atoms with E-state index in [1.54, 1.807) is 0 Å². The molecule has 0 bridgehead atoms. The Morgan fingerprint density at radius 1 is 1.16 bits per heavy atom. The van der Waals surface area contributed by atoms with Crippen LogP contribution in [0.2, 0.25) is 5.02 Å². The van der Waals surface area contributed by atoms with Gasteiger partial charge < -0.3 is 10.2 Å². The number of rotatable bonds is 5. The van der Waals surface area contributed by atoms with Gasteiger partial charge in [0.1, 0.15) is 0 Å². The van der Waals surface area contributed by atoms with Crippen LogP contribution in [0, 0.1) is 0 Å². The van der Waals surface area contributed by atoms with Crippen LogP contribution >= 0.6 is 11.6 Å². The zero-order chi connectivity index (χ0) is 17.6. The van der Waals surface area contributed by atoms with Gasteiger partial charge in [0.2, 0.25) is 0 Å². The minimum absolute atomic E-state index is 0.0685. The highest BCUT2D eigenvalue weighted by Crippen LogP contribution is 2.22. The zero-order valence-electron chi connectivity index (χ0n) is 14.5. The number of carbonyl (C=O) groups excluding carboxylic acids is 1. The summed E-state index contributed by atoms with van der Waals surface area (Å²) in [6.45, 7) is 4.33. The predicted octanol–water partition coefficient (Wildman–Crippen LogP) is 2.89. The summed E-state index contributed by atoms with van der Waals surface area (Å²) >= 11 is 6.20. The molecule has 3 nitrogen and oxygen atoms in total. The van der Waals surface area contributed by atoms with E-state index in [1.165, 1.54) is 16.0 Å². The fourth-order valence-corrected chi connectivity index (χ4v) is 3.58. The lowest BCUT2D eigenvalue weighted by atomic mass is 9.99. The summed E-state index contributed by atoms with van der Waals surface area (Å²) in [5.74, 6) is 0.0685. The fourth-order valence-electron chi connectivity index (χ4n) is 3.28. The van der Waals surface area contributed by atoms with Gasteiger partial charge in [-0.25, -0.2) is 0 Å². The molecule has 1 unspecified atom stereocenters. The van der Waals surface area contributed by atoms with Crippen molar-refractivity contribution < 1.29 is 9.69 Å². The lowest BCUT2D eigenvalue weighted by Gasteiger charge is -2.24. The van der Waals surface area contributed by atoms with Crippen molar-refractivity contribution in [3.05, 3.63) is 76.8 Å². The largest absolute Gasteiger partial charge is 0.345 e. The van der Waals surface area contributed by atoms with Gasteiger partial charge in [-0.2, -0.15) is 0 Å². The molecule has 1 amide bonds. The summed E-state index contributed by atoms with van der Waals surface area (Å²) in [6, 6.07) is 18.0. The molecule has 1 aliphatic heterocycles. The smallest absolute Gasteiger partial charge is 0.275 e. The Morgan fingerprint density at radius 3 is 2.56 bits per heavy atom. The van der Waals surface area contributed by atoms with E-state index in [4.69, 9.17) is 11.6 Å². The summed E-state index contributed by atoms with van der Waals surface area (Å²) in [5, 5.41) is 3.75. The maximum absolute atomic E-state index is 12.4. The first-order chi connectivity index (χ1) is 12.1. The molecule has 0 spiro atoms. The van der Waals surface area contributed by atoms with Crippen LogP contribution in [0.5, 0.6) is 0 Å². The number of quaternary nitrogens is 1. The molecule has 2 aromatic rings. The van der Waals surface area contributed by atoms with Crippen LogP contribution in [-0.4, -0.2) is 25.5 Å². The Kier molecular flexibility index (Phi) is 5.90. The SMILES string of the molecule is C[C@@H](NC(=O)C[NH+]1CC=C(c2ccccc2)CC1)c1ccccc1Cl. The topological polar surface area (TPSA) is 33.5 Å². The first-order valence-electron chi connectivity index (χ1n) is 8.75. The van der Waals surface area contributed by atoms with Crippen LogP contribution in [0.1, 0.15) is 30.5 Å². The second-order valence-corrected chi connectivity index (χ2v) is 6.94. The Morgan fingerprint density at radius 2 is 1.88 bits per heavy atom. The van der Waals surface area contributed by atoms with Gasteiger partial charge in [0.05, 0.1) is 19.1 Å². The normalized spacial score (nSPS) is 18.3. The molecule has 4 heteroatoms. The molecule has 0 aromatic heterocycles. The highest BCUT2D eigenvalue weighted by atomic mass is 35.5. The third-order valence-electron chi connectivity index (χ3n) is 4.69. The Balaban J connectivity index is 1.53. The van der Waals surface area contributed by atoms with Crippen molar-refractivity contribution in [3.63, 3.8) is 0 Å². The minimum atomic E-state index is -0.0826. The van der Waals surface area contributed by atoms with Crippen molar-refractivity contribution in [2.24, 2.45) is 0 Å². The number of halogens is 1. The number of nitrogens with one attached hydrogen (secondary N) is 2. The highest BCUT2D eigenvalue weighted by Gasteiger charge is 2.20. The number of carbonyl (C=O) groups is 1. The molecule has 0 saturated carbocycles. The van der Waals surface area contributed by atoms with E-state index in [-0.39, 0.29) is 11.9 Å². The van der Waals surface area contributed by atoms with Crippen LogP contribution in [0.3, 0.4) is 0 Å². The second-order valence-electron chi connectivity index (χ2n) is 6.54. The Bertz CT molecular complexity index is 758. The quantitative estimate of drug-likeness (QED) is 0.849. The molecule has 1 heterocycles. The zero-order valence-corrected chi connectivity index (χ0v) is 15.2. The van der Waals surface area contributed by atoms with Crippen molar-refractivity contribution in [1.29, 1.82) is 0 Å². The van der Waals surface area contributed by atoms with Crippen LogP contribution in [0.4, 0.5) is 0 Å². The van der Waals surface area contributed by atoms with Gasteiger partial charge in [-0.05, 0) is 35.8 Å². The highest BCUT2D eigenvalue weighted by molar-refractivity contribution is 6.31. The third kappa shape index (κ3) is 4.71. The van der Waals surface area contributed by atoms with E-state index in [0.717, 1.165) is 25.1 Å². The maximum atomic E-state index is 12.4. The molecule has 2 atom stereocenters. The molecule has 1 aliphatic rings. The maximum Gasteiger partial charge on any atom is 0.275 e. The van der Waals surface area contributed by atoms with Crippen LogP contribution in [0.25, 0.3) is 5.57 Å². The number of amides is 1. The Labute approximate surface area is 154 Å². The van der Waals surface area contributed by atoms with Gasteiger partial charge in [-0.15, -0.1) is 0 Å². The fraction of sp³-hybridized carbons (Fsp3) is 0.286. The van der Waals surface area contributed by atoms with E-state index in [1.807, 2.05) is 37.3 Å². The van der Waals surface area contributed by atoms with Gasteiger partial charge >= 0.3 is 0 Å². The van der Waals surface area contributed by atoms with Crippen molar-refractivity contribution in [1.82, 2.24) is 5.32 Å². The van der Waals surface area contributed by atoms with Crippen LogP contribution < -0.4 is 10.2 Å². The summed E-state index contributed by atoms with van der Waals surface area (Å²) in [7, 11) is 0. The van der Waals surface area contributed by atoms with E-state index < -0.39 is 0 Å². The van der Waals surface area contributed by atoms with Crippen molar-refractivity contribution in [3.8, 4) is 0 Å². The second kappa shape index (κ2) is 8.32. The van der Waals surface area contributed by atoms with E-state index in [2.05, 4.69) is 35.7 Å². The molecule has 130 valence electrons. The van der Waals surface area contributed by atoms with E-state index >= 15 is 0 Å². The lowest BCUT2D eigenvalue weighted by Crippen LogP contribution is -3.13. The molecular weight excluding hydrogens is 332 g/mol. The molecule has 3 rings (SSSR count). The standard InChI is InChI=1S/C21H23ClN2O/c1-16(19-9-5-6-10-20(19)22)23-21(25)15-24-13-11-18(12-14-24)17-7-3-2-4-8-17/h2-11,16H,12-15H2,1H3,(H,23,25)/p+1/t16-/m1/s1.